The molecule has 0 radical (unpaired) electrons. The molecule has 2 atom stereocenters. The smallest absolute Gasteiger partial charge is 0.151 e. The summed E-state index contributed by atoms with van der Waals surface area (Å²) in [5.74, 6) is 0. The van der Waals surface area contributed by atoms with Crippen molar-refractivity contribution in [2.45, 2.75) is 30.3 Å². The lowest BCUT2D eigenvalue weighted by molar-refractivity contribution is 0.586. The van der Waals surface area contributed by atoms with Gasteiger partial charge in [0, 0.05) is 11.1 Å². The van der Waals surface area contributed by atoms with Crippen LogP contribution in [0.15, 0.2) is 24.3 Å². The summed E-state index contributed by atoms with van der Waals surface area (Å²) in [5, 5.41) is -0.368. The average molecular weight is 305 g/mol. The summed E-state index contributed by atoms with van der Waals surface area (Å²) >= 11 is 3.47. The van der Waals surface area contributed by atoms with E-state index >= 15 is 0 Å². The number of alkyl halides is 1. The average Bonchev–Trinajstić information content (AvgIpc) is 2.19. The molecule has 0 aliphatic carbocycles. The maximum Gasteiger partial charge on any atom is 0.151 e. The molecule has 0 saturated carbocycles. The van der Waals surface area contributed by atoms with Crippen LogP contribution in [0.3, 0.4) is 0 Å². The van der Waals surface area contributed by atoms with Gasteiger partial charge in [-0.2, -0.15) is 0 Å². The third-order valence-corrected chi connectivity index (χ3v) is 6.01. The summed E-state index contributed by atoms with van der Waals surface area (Å²) in [6.07, 6.45) is 2.02. The first kappa shape index (κ1) is 13.7. The second-order valence-electron chi connectivity index (χ2n) is 4.18. The summed E-state index contributed by atoms with van der Waals surface area (Å²) in [6, 6.07) is 8.05. The van der Waals surface area contributed by atoms with Gasteiger partial charge < -0.3 is 0 Å². The molecule has 90 valence electrons. The Morgan fingerprint density at radius 1 is 1.31 bits per heavy atom. The van der Waals surface area contributed by atoms with E-state index in [0.29, 0.717) is 0 Å². The van der Waals surface area contributed by atoms with Gasteiger partial charge in [-0.1, -0.05) is 40.2 Å². The van der Waals surface area contributed by atoms with Crippen LogP contribution < -0.4 is 0 Å². The zero-order valence-electron chi connectivity index (χ0n) is 9.77. The second-order valence-corrected chi connectivity index (χ2v) is 7.76. The molecule has 0 aromatic heterocycles. The minimum Gasteiger partial charge on any atom is -0.229 e. The van der Waals surface area contributed by atoms with Crippen LogP contribution >= 0.6 is 15.9 Å². The standard InChI is InChI=1S/C12H17BrO2S/c1-9-6-4-5-7-11(9)8-12(13)10(2)16(3,14)15/h4-7,10,12H,8H2,1-3H3. The Labute approximate surface area is 106 Å². The maximum absolute atomic E-state index is 11.4. The Morgan fingerprint density at radius 3 is 2.38 bits per heavy atom. The van der Waals surface area contributed by atoms with Crippen LogP contribution in [-0.4, -0.2) is 24.8 Å². The number of benzene rings is 1. The van der Waals surface area contributed by atoms with Crippen molar-refractivity contribution in [2.24, 2.45) is 0 Å². The minimum absolute atomic E-state index is 0.0383. The molecule has 0 fully saturated rings. The van der Waals surface area contributed by atoms with Crippen LogP contribution in [0.2, 0.25) is 0 Å². The van der Waals surface area contributed by atoms with E-state index in [4.69, 9.17) is 0 Å². The fourth-order valence-electron chi connectivity index (χ4n) is 1.48. The lowest BCUT2D eigenvalue weighted by Gasteiger charge is -2.17. The van der Waals surface area contributed by atoms with Gasteiger partial charge in [-0.3, -0.25) is 0 Å². The molecular formula is C12H17BrO2S. The first-order valence-electron chi connectivity index (χ1n) is 5.20. The van der Waals surface area contributed by atoms with Crippen LogP contribution in [0, 0.1) is 6.92 Å². The van der Waals surface area contributed by atoms with Gasteiger partial charge in [-0.15, -0.1) is 0 Å². The molecule has 1 aromatic carbocycles. The summed E-state index contributed by atoms with van der Waals surface area (Å²) < 4.78 is 22.8. The van der Waals surface area contributed by atoms with Gasteiger partial charge in [0.2, 0.25) is 0 Å². The summed E-state index contributed by atoms with van der Waals surface area (Å²) in [6.45, 7) is 3.78. The highest BCUT2D eigenvalue weighted by atomic mass is 79.9. The zero-order valence-corrected chi connectivity index (χ0v) is 12.2. The summed E-state index contributed by atoms with van der Waals surface area (Å²) in [7, 11) is -2.98. The second kappa shape index (κ2) is 5.32. The highest BCUT2D eigenvalue weighted by molar-refractivity contribution is 9.09. The van der Waals surface area contributed by atoms with E-state index in [9.17, 15) is 8.42 Å². The number of sulfone groups is 1. The van der Waals surface area contributed by atoms with Gasteiger partial charge >= 0.3 is 0 Å². The van der Waals surface area contributed by atoms with Crippen molar-refractivity contribution in [2.75, 3.05) is 6.26 Å². The lowest BCUT2D eigenvalue weighted by atomic mass is 10.0. The highest BCUT2D eigenvalue weighted by Gasteiger charge is 2.24. The van der Waals surface area contributed by atoms with Gasteiger partial charge in [0.05, 0.1) is 5.25 Å². The predicted molar refractivity (Wildman–Crippen MR) is 71.9 cm³/mol. The fraction of sp³-hybridized carbons (Fsp3) is 0.500. The van der Waals surface area contributed by atoms with Gasteiger partial charge in [0.1, 0.15) is 0 Å². The molecule has 0 saturated heterocycles. The Morgan fingerprint density at radius 2 is 1.88 bits per heavy atom. The molecule has 0 heterocycles. The van der Waals surface area contributed by atoms with Crippen molar-refractivity contribution in [3.8, 4) is 0 Å². The molecule has 1 aromatic rings. The van der Waals surface area contributed by atoms with Crippen molar-refractivity contribution in [1.29, 1.82) is 0 Å². The topological polar surface area (TPSA) is 34.1 Å². The quantitative estimate of drug-likeness (QED) is 0.802. The molecule has 0 amide bonds. The Hall–Kier alpha value is -0.350. The molecule has 1 rings (SSSR count). The monoisotopic (exact) mass is 304 g/mol. The Balaban J connectivity index is 2.80. The molecule has 4 heteroatoms. The van der Waals surface area contributed by atoms with Gasteiger partial charge in [0.15, 0.2) is 9.84 Å². The molecule has 2 unspecified atom stereocenters. The SMILES string of the molecule is Cc1ccccc1CC(Br)C(C)S(C)(=O)=O. The fourth-order valence-corrected chi connectivity index (χ4v) is 3.64. The first-order chi connectivity index (χ1) is 7.32. The molecule has 16 heavy (non-hydrogen) atoms. The van der Waals surface area contributed by atoms with Crippen molar-refractivity contribution in [3.63, 3.8) is 0 Å². The normalized spacial score (nSPS) is 15.8. The number of halogens is 1. The van der Waals surface area contributed by atoms with E-state index in [1.165, 1.54) is 17.4 Å². The highest BCUT2D eigenvalue weighted by Crippen LogP contribution is 2.20. The van der Waals surface area contributed by atoms with Gasteiger partial charge in [0.25, 0.3) is 0 Å². The Kier molecular flexibility index (Phi) is 4.56. The number of aryl methyl sites for hydroxylation is 1. The lowest BCUT2D eigenvalue weighted by Crippen LogP contribution is -2.28. The molecule has 0 N–H and O–H groups in total. The molecule has 0 aliphatic rings. The van der Waals surface area contributed by atoms with Crippen molar-refractivity contribution < 1.29 is 8.42 Å². The summed E-state index contributed by atoms with van der Waals surface area (Å²) in [5.41, 5.74) is 2.40. The molecule has 0 spiro atoms. The van der Waals surface area contributed by atoms with Crippen LogP contribution in [0.5, 0.6) is 0 Å². The van der Waals surface area contributed by atoms with E-state index in [1.54, 1.807) is 6.92 Å². The number of rotatable bonds is 4. The Bertz CT molecular complexity index is 454. The third-order valence-electron chi connectivity index (χ3n) is 2.86. The van der Waals surface area contributed by atoms with Crippen molar-refractivity contribution >= 4 is 25.8 Å². The van der Waals surface area contributed by atoms with Crippen LogP contribution in [0.25, 0.3) is 0 Å². The number of hydrogen-bond acceptors (Lipinski definition) is 2. The van der Waals surface area contributed by atoms with E-state index in [0.717, 1.165) is 6.42 Å². The first-order valence-corrected chi connectivity index (χ1v) is 8.07. The van der Waals surface area contributed by atoms with Crippen LogP contribution in [-0.2, 0) is 16.3 Å². The van der Waals surface area contributed by atoms with Gasteiger partial charge in [-0.25, -0.2) is 8.42 Å². The van der Waals surface area contributed by atoms with E-state index < -0.39 is 9.84 Å². The van der Waals surface area contributed by atoms with Gasteiger partial charge in [-0.05, 0) is 31.4 Å². The van der Waals surface area contributed by atoms with E-state index in [1.807, 2.05) is 31.2 Å². The molecule has 2 nitrogen and oxygen atoms in total. The predicted octanol–water partition coefficient (Wildman–Crippen LogP) is 2.73. The number of hydrogen-bond donors (Lipinski definition) is 0. The van der Waals surface area contributed by atoms with Crippen LogP contribution in [0.1, 0.15) is 18.1 Å². The largest absolute Gasteiger partial charge is 0.229 e. The molecule has 0 bridgehead atoms. The molecule has 0 aliphatic heterocycles. The van der Waals surface area contributed by atoms with E-state index in [2.05, 4.69) is 15.9 Å². The maximum atomic E-state index is 11.4. The zero-order chi connectivity index (χ0) is 12.3. The van der Waals surface area contributed by atoms with E-state index in [-0.39, 0.29) is 10.1 Å². The van der Waals surface area contributed by atoms with Crippen LogP contribution in [0.4, 0.5) is 0 Å². The minimum atomic E-state index is -2.98. The molecular weight excluding hydrogens is 288 g/mol. The van der Waals surface area contributed by atoms with Crippen molar-refractivity contribution in [1.82, 2.24) is 0 Å². The third kappa shape index (κ3) is 3.59. The summed E-state index contributed by atoms with van der Waals surface area (Å²) in [4.78, 5) is -0.0383. The van der Waals surface area contributed by atoms with Crippen molar-refractivity contribution in [3.05, 3.63) is 35.4 Å².